The zero-order valence-corrected chi connectivity index (χ0v) is 11.7. The molecule has 0 unspecified atom stereocenters. The Labute approximate surface area is 113 Å². The zero-order valence-electron chi connectivity index (χ0n) is 11.7. The van der Waals surface area contributed by atoms with E-state index in [1.165, 1.54) is 6.08 Å². The molecule has 1 atom stereocenters. The highest BCUT2D eigenvalue weighted by atomic mass is 16.4. The average Bonchev–Trinajstić information content (AvgIpc) is 2.21. The summed E-state index contributed by atoms with van der Waals surface area (Å²) >= 11 is 0. The van der Waals surface area contributed by atoms with Crippen molar-refractivity contribution in [3.8, 4) is 0 Å². The molecule has 0 aromatic heterocycles. The van der Waals surface area contributed by atoms with E-state index in [4.69, 9.17) is 5.11 Å². The van der Waals surface area contributed by atoms with Gasteiger partial charge in [-0.2, -0.15) is 0 Å². The Balaban J connectivity index is 3.15. The minimum absolute atomic E-state index is 0.00150. The van der Waals surface area contributed by atoms with Gasteiger partial charge in [-0.15, -0.1) is 0 Å². The SMILES string of the molecule is CC1=CC(=O)CC(C)(C)[C@]1(O)/C=C/C(C)=C/C(=O)O. The molecule has 19 heavy (non-hydrogen) atoms. The summed E-state index contributed by atoms with van der Waals surface area (Å²) in [4.78, 5) is 22.1. The summed E-state index contributed by atoms with van der Waals surface area (Å²) < 4.78 is 0. The molecule has 4 heteroatoms. The van der Waals surface area contributed by atoms with Gasteiger partial charge in [0, 0.05) is 17.9 Å². The topological polar surface area (TPSA) is 74.6 Å². The summed E-state index contributed by atoms with van der Waals surface area (Å²) in [7, 11) is 0. The molecule has 0 fully saturated rings. The van der Waals surface area contributed by atoms with Gasteiger partial charge < -0.3 is 10.2 Å². The zero-order chi connectivity index (χ0) is 14.8. The van der Waals surface area contributed by atoms with Gasteiger partial charge in [0.05, 0.1) is 0 Å². The molecule has 0 amide bonds. The second kappa shape index (κ2) is 5.13. The van der Waals surface area contributed by atoms with E-state index < -0.39 is 17.0 Å². The van der Waals surface area contributed by atoms with Crippen molar-refractivity contribution in [2.75, 3.05) is 0 Å². The van der Waals surface area contributed by atoms with Crippen LogP contribution in [0.4, 0.5) is 0 Å². The normalized spacial score (nSPS) is 27.5. The first-order valence-corrected chi connectivity index (χ1v) is 6.13. The Morgan fingerprint density at radius 1 is 1.42 bits per heavy atom. The van der Waals surface area contributed by atoms with E-state index in [1.54, 1.807) is 26.0 Å². The lowest BCUT2D eigenvalue weighted by atomic mass is 9.64. The largest absolute Gasteiger partial charge is 0.478 e. The highest BCUT2D eigenvalue weighted by molar-refractivity contribution is 5.92. The lowest BCUT2D eigenvalue weighted by Gasteiger charge is -2.43. The minimum Gasteiger partial charge on any atom is -0.478 e. The fourth-order valence-electron chi connectivity index (χ4n) is 2.36. The Hall–Kier alpha value is -1.68. The average molecular weight is 264 g/mol. The van der Waals surface area contributed by atoms with Crippen LogP contribution in [0, 0.1) is 5.41 Å². The van der Waals surface area contributed by atoms with Gasteiger partial charge in [-0.25, -0.2) is 4.79 Å². The van der Waals surface area contributed by atoms with Gasteiger partial charge in [-0.05, 0) is 37.1 Å². The summed E-state index contributed by atoms with van der Waals surface area (Å²) in [5.74, 6) is -1.03. The van der Waals surface area contributed by atoms with Gasteiger partial charge in [0.2, 0.25) is 0 Å². The molecule has 0 saturated heterocycles. The van der Waals surface area contributed by atoms with Crippen molar-refractivity contribution in [2.24, 2.45) is 5.41 Å². The molecule has 0 radical (unpaired) electrons. The number of allylic oxidation sites excluding steroid dienone is 3. The van der Waals surface area contributed by atoms with Crippen LogP contribution >= 0.6 is 0 Å². The summed E-state index contributed by atoms with van der Waals surface area (Å²) in [5.41, 5.74) is -0.758. The van der Waals surface area contributed by atoms with Crippen molar-refractivity contribution in [3.05, 3.63) is 35.5 Å². The standard InChI is InChI=1S/C15H20O4/c1-10(7-13(17)18)5-6-15(19)11(2)8-12(16)9-14(15,3)4/h5-8,19H,9H2,1-4H3,(H,17,18)/b6-5+,10-7+/t15-/m0/s1. The number of carbonyl (C=O) groups excluding carboxylic acids is 1. The number of hydrogen-bond donors (Lipinski definition) is 2. The van der Waals surface area contributed by atoms with Gasteiger partial charge in [-0.3, -0.25) is 4.79 Å². The molecule has 1 rings (SSSR count). The predicted octanol–water partition coefficient (Wildman–Crippen LogP) is 2.25. The predicted molar refractivity (Wildman–Crippen MR) is 72.6 cm³/mol. The number of carbonyl (C=O) groups is 2. The second-order valence-electron chi connectivity index (χ2n) is 5.68. The fourth-order valence-corrected chi connectivity index (χ4v) is 2.36. The summed E-state index contributed by atoms with van der Waals surface area (Å²) in [6.07, 6.45) is 5.92. The Morgan fingerprint density at radius 2 is 2.00 bits per heavy atom. The van der Waals surface area contributed by atoms with E-state index in [0.717, 1.165) is 6.08 Å². The van der Waals surface area contributed by atoms with Crippen LogP contribution in [0.25, 0.3) is 0 Å². The van der Waals surface area contributed by atoms with Gasteiger partial charge in [0.15, 0.2) is 5.78 Å². The van der Waals surface area contributed by atoms with Crippen LogP contribution in [0.15, 0.2) is 35.5 Å². The van der Waals surface area contributed by atoms with Crippen molar-refractivity contribution in [1.82, 2.24) is 0 Å². The van der Waals surface area contributed by atoms with Crippen LogP contribution in [0.5, 0.6) is 0 Å². The van der Waals surface area contributed by atoms with Crippen LogP contribution in [-0.4, -0.2) is 27.6 Å². The molecule has 1 aliphatic rings. The summed E-state index contributed by atoms with van der Waals surface area (Å²) in [6.45, 7) is 7.00. The van der Waals surface area contributed by atoms with Crippen molar-refractivity contribution >= 4 is 11.8 Å². The van der Waals surface area contributed by atoms with Crippen molar-refractivity contribution < 1.29 is 19.8 Å². The van der Waals surface area contributed by atoms with Gasteiger partial charge in [-0.1, -0.05) is 19.9 Å². The van der Waals surface area contributed by atoms with Crippen molar-refractivity contribution in [3.63, 3.8) is 0 Å². The van der Waals surface area contributed by atoms with Crippen LogP contribution in [0.1, 0.15) is 34.1 Å². The number of ketones is 1. The third-order valence-corrected chi connectivity index (χ3v) is 3.57. The number of carboxylic acids is 1. The third kappa shape index (κ3) is 3.20. The maximum Gasteiger partial charge on any atom is 0.328 e. The first kappa shape index (κ1) is 15.4. The van der Waals surface area contributed by atoms with Gasteiger partial charge >= 0.3 is 5.97 Å². The van der Waals surface area contributed by atoms with Crippen LogP contribution < -0.4 is 0 Å². The molecule has 2 N–H and O–H groups in total. The molecule has 0 aliphatic heterocycles. The Morgan fingerprint density at radius 3 is 2.47 bits per heavy atom. The monoisotopic (exact) mass is 264 g/mol. The molecular weight excluding hydrogens is 244 g/mol. The van der Waals surface area contributed by atoms with Gasteiger partial charge in [0.25, 0.3) is 0 Å². The summed E-state index contributed by atoms with van der Waals surface area (Å²) in [6, 6.07) is 0. The van der Waals surface area contributed by atoms with E-state index in [9.17, 15) is 14.7 Å². The molecule has 0 bridgehead atoms. The third-order valence-electron chi connectivity index (χ3n) is 3.57. The van der Waals surface area contributed by atoms with E-state index in [-0.39, 0.29) is 12.2 Å². The van der Waals surface area contributed by atoms with E-state index in [0.29, 0.717) is 11.1 Å². The van der Waals surface area contributed by atoms with Crippen LogP contribution in [0.3, 0.4) is 0 Å². The first-order valence-electron chi connectivity index (χ1n) is 6.13. The Bertz CT molecular complexity index is 494. The molecule has 0 saturated carbocycles. The van der Waals surface area contributed by atoms with Crippen molar-refractivity contribution in [1.29, 1.82) is 0 Å². The quantitative estimate of drug-likeness (QED) is 0.605. The lowest BCUT2D eigenvalue weighted by Crippen LogP contribution is -2.48. The van der Waals surface area contributed by atoms with E-state index >= 15 is 0 Å². The second-order valence-corrected chi connectivity index (χ2v) is 5.68. The molecule has 0 aromatic rings. The van der Waals surface area contributed by atoms with Gasteiger partial charge in [0.1, 0.15) is 5.60 Å². The summed E-state index contributed by atoms with van der Waals surface area (Å²) in [5, 5.41) is 19.4. The first-order chi connectivity index (χ1) is 8.58. The van der Waals surface area contributed by atoms with E-state index in [2.05, 4.69) is 0 Å². The maximum atomic E-state index is 11.6. The fraction of sp³-hybridized carbons (Fsp3) is 0.467. The lowest BCUT2D eigenvalue weighted by molar-refractivity contribution is -0.131. The minimum atomic E-state index is -1.24. The van der Waals surface area contributed by atoms with Crippen molar-refractivity contribution in [2.45, 2.75) is 39.7 Å². The molecular formula is C15H20O4. The number of carboxylic acid groups (broad SMARTS) is 1. The molecule has 0 aromatic carbocycles. The number of aliphatic carboxylic acids is 1. The number of hydrogen-bond acceptors (Lipinski definition) is 3. The molecule has 0 spiro atoms. The highest BCUT2D eigenvalue weighted by Gasteiger charge is 2.46. The van der Waals surface area contributed by atoms with Crippen LogP contribution in [0.2, 0.25) is 0 Å². The molecule has 1 aliphatic carbocycles. The Kier molecular flexibility index (Phi) is 4.15. The molecule has 104 valence electrons. The van der Waals surface area contributed by atoms with E-state index in [1.807, 2.05) is 13.8 Å². The molecule has 4 nitrogen and oxygen atoms in total. The number of aliphatic hydroxyl groups is 1. The molecule has 0 heterocycles. The van der Waals surface area contributed by atoms with Crippen LogP contribution in [-0.2, 0) is 9.59 Å². The highest BCUT2D eigenvalue weighted by Crippen LogP contribution is 2.44. The maximum absolute atomic E-state index is 11.6. The smallest absolute Gasteiger partial charge is 0.328 e. The number of rotatable bonds is 3.